The van der Waals surface area contributed by atoms with E-state index in [4.69, 9.17) is 28.9 Å². The fourth-order valence-electron chi connectivity index (χ4n) is 9.66. The Kier molecular flexibility index (Phi) is 10.9. The fraction of sp³-hybridized carbons (Fsp3) is 0.467. The highest BCUT2D eigenvalue weighted by Gasteiger charge is 2.53. The Morgan fingerprint density at radius 2 is 1.61 bits per heavy atom. The number of nitrogens with zero attached hydrogens (tertiary/aromatic N) is 4. The first kappa shape index (κ1) is 41.3. The molecular weight excluding hydrogens is 797 g/mol. The van der Waals surface area contributed by atoms with Crippen LogP contribution in [0.4, 0.5) is 9.59 Å². The Balaban J connectivity index is 0.974. The predicted molar refractivity (Wildman–Crippen MR) is 227 cm³/mol. The van der Waals surface area contributed by atoms with E-state index in [0.717, 1.165) is 75.6 Å². The molecule has 1 aliphatic carbocycles. The zero-order chi connectivity index (χ0) is 43.4. The molecule has 0 saturated carbocycles. The largest absolute Gasteiger partial charge is 0.465 e. The maximum atomic E-state index is 14.2. The Labute approximate surface area is 357 Å². The third-order valence-electron chi connectivity index (χ3n) is 13.0. The van der Waals surface area contributed by atoms with E-state index in [0.29, 0.717) is 37.8 Å². The number of carbonyl (C=O) groups is 4. The van der Waals surface area contributed by atoms with Crippen molar-refractivity contribution in [2.75, 3.05) is 40.5 Å². The summed E-state index contributed by atoms with van der Waals surface area (Å²) >= 11 is 0. The smallest absolute Gasteiger partial charge is 0.407 e. The van der Waals surface area contributed by atoms with Crippen LogP contribution in [0.5, 0.6) is 0 Å². The number of aromatic amines is 2. The third-order valence-corrected chi connectivity index (χ3v) is 13.0. The monoisotopic (exact) mass is 848 g/mol. The maximum Gasteiger partial charge on any atom is 0.407 e. The zero-order valence-electron chi connectivity index (χ0n) is 35.4. The Hall–Kier alpha value is -6.04. The second kappa shape index (κ2) is 16.3. The first-order valence-electron chi connectivity index (χ1n) is 21.3. The lowest BCUT2D eigenvalue weighted by atomic mass is 9.89. The molecule has 62 heavy (non-hydrogen) atoms. The van der Waals surface area contributed by atoms with Crippen LogP contribution in [0.15, 0.2) is 48.5 Å². The summed E-state index contributed by atoms with van der Waals surface area (Å²) in [5.74, 6) is -0.443. The number of rotatable bonds is 10. The van der Waals surface area contributed by atoms with E-state index in [1.165, 1.54) is 19.8 Å². The molecule has 0 radical (unpaired) electrons. The van der Waals surface area contributed by atoms with Crippen molar-refractivity contribution in [1.29, 1.82) is 0 Å². The third kappa shape index (κ3) is 7.41. The number of amides is 4. The van der Waals surface area contributed by atoms with E-state index in [9.17, 15) is 24.3 Å². The molecule has 2 aromatic heterocycles. The minimum Gasteiger partial charge on any atom is -0.465 e. The molecule has 326 valence electrons. The quantitative estimate of drug-likeness (QED) is 0.117. The molecule has 5 heterocycles. The highest BCUT2D eigenvalue weighted by atomic mass is 16.7. The topological polar surface area (TPSA) is 213 Å². The van der Waals surface area contributed by atoms with Gasteiger partial charge in [0.15, 0.2) is 5.79 Å². The molecule has 5 N–H and O–H groups in total. The molecule has 3 fully saturated rings. The lowest BCUT2D eigenvalue weighted by Crippen LogP contribution is -2.54. The minimum atomic E-state index is -1.22. The number of hydrogen-bond donors (Lipinski definition) is 5. The van der Waals surface area contributed by atoms with Gasteiger partial charge in [-0.3, -0.25) is 9.59 Å². The summed E-state index contributed by atoms with van der Waals surface area (Å²) in [6.07, 6.45) is 0.856. The molecule has 0 bridgehead atoms. The number of imidazole rings is 2. The van der Waals surface area contributed by atoms with E-state index in [2.05, 4.69) is 63.1 Å². The van der Waals surface area contributed by atoms with Crippen molar-refractivity contribution in [3.8, 4) is 22.4 Å². The fourth-order valence-corrected chi connectivity index (χ4v) is 9.66. The first-order valence-corrected chi connectivity index (χ1v) is 21.3. The lowest BCUT2D eigenvalue weighted by Gasteiger charge is -2.30. The molecule has 3 saturated heterocycles. The van der Waals surface area contributed by atoms with Gasteiger partial charge >= 0.3 is 12.2 Å². The lowest BCUT2D eigenvalue weighted by molar-refractivity contribution is -0.154. The van der Waals surface area contributed by atoms with Crippen molar-refractivity contribution in [3.63, 3.8) is 0 Å². The molecule has 1 spiro atoms. The zero-order valence-corrected chi connectivity index (χ0v) is 35.4. The minimum absolute atomic E-state index is 0.170. The van der Waals surface area contributed by atoms with Gasteiger partial charge in [-0.15, -0.1) is 0 Å². The van der Waals surface area contributed by atoms with E-state index in [-0.39, 0.29) is 30.3 Å². The van der Waals surface area contributed by atoms with Crippen molar-refractivity contribution >= 4 is 45.8 Å². The molecular formula is C45H52N8O9. The van der Waals surface area contributed by atoms with Crippen LogP contribution in [-0.2, 0) is 41.4 Å². The Morgan fingerprint density at radius 3 is 2.35 bits per heavy atom. The number of nitrogens with one attached hydrogen (secondary N) is 4. The molecule has 9 rings (SSSR count). The van der Waals surface area contributed by atoms with Crippen molar-refractivity contribution in [3.05, 3.63) is 71.4 Å². The predicted octanol–water partition coefficient (Wildman–Crippen LogP) is 5.60. The molecule has 17 nitrogen and oxygen atoms in total. The van der Waals surface area contributed by atoms with Crippen LogP contribution in [0.3, 0.4) is 0 Å². The highest BCUT2D eigenvalue weighted by Crippen LogP contribution is 2.44. The average Bonchev–Trinajstić information content (AvgIpc) is 4.13. The number of aryl methyl sites for hydroxylation is 2. The number of hydrogen-bond acceptors (Lipinski definition) is 10. The highest BCUT2D eigenvalue weighted by molar-refractivity contribution is 6.05. The molecule has 5 atom stereocenters. The summed E-state index contributed by atoms with van der Waals surface area (Å²) in [4.78, 5) is 72.2. The van der Waals surface area contributed by atoms with E-state index in [1.54, 1.807) is 16.7 Å². The number of benzene rings is 3. The molecule has 4 aliphatic rings. The number of aromatic nitrogens is 4. The maximum absolute atomic E-state index is 14.2. The van der Waals surface area contributed by atoms with Gasteiger partial charge in [0, 0.05) is 36.7 Å². The van der Waals surface area contributed by atoms with Crippen LogP contribution in [0, 0.1) is 5.92 Å². The summed E-state index contributed by atoms with van der Waals surface area (Å²) in [5, 5.41) is 16.5. The number of fused-ring (bicyclic) bond motifs is 6. The second-order valence-corrected chi connectivity index (χ2v) is 17.0. The number of carboxylic acid groups (broad SMARTS) is 1. The SMILES string of the molecule is COC(=O)NC(C(=O)N1CC2(C[C@H]1c1nc3c([nH]1)CCc1cc(-c4ccc5c(ccc6[nH]c([C@@H]7CCCN7C(=O)C(NC(=O)O)C(C)C)nc65)c4)ccc1-3)OCCO2)C(C)OC. The second-order valence-electron chi connectivity index (χ2n) is 17.0. The molecule has 17 heteroatoms. The van der Waals surface area contributed by atoms with E-state index < -0.39 is 42.2 Å². The Bertz CT molecular complexity index is 2560. The average molecular weight is 849 g/mol. The first-order chi connectivity index (χ1) is 29.9. The van der Waals surface area contributed by atoms with Crippen LogP contribution in [0.1, 0.15) is 75.0 Å². The number of likely N-dealkylation sites (tertiary alicyclic amines) is 2. The summed E-state index contributed by atoms with van der Waals surface area (Å²) < 4.78 is 22.5. The molecule has 5 aromatic rings. The Morgan fingerprint density at radius 1 is 0.871 bits per heavy atom. The molecule has 3 aromatic carbocycles. The van der Waals surface area contributed by atoms with Gasteiger partial charge in [0.25, 0.3) is 0 Å². The van der Waals surface area contributed by atoms with Crippen LogP contribution < -0.4 is 10.6 Å². The van der Waals surface area contributed by atoms with E-state index >= 15 is 0 Å². The number of methoxy groups -OCH3 is 2. The number of H-pyrrole nitrogens is 2. The number of ether oxygens (including phenoxy) is 4. The standard InChI is InChI=1S/C45H52N8O9/c1-23(2)35(50-43(56)57)41(54)52-16-6-7-33(52)39-46-31-14-10-27-19-25(8-12-29(27)37(31)48-39)26-9-13-30-28(20-26)11-15-32-38(30)49-40(47-32)34-21-45(61-17-18-62-45)22-53(34)42(55)36(24(3)59-4)51-44(58)60-5/h8-10,12-14,19-20,23-24,33-36,50H,6-7,11,15-18,21-22H2,1-5H3,(H,46,48)(H,47,49)(H,51,58)(H,56,57)/t24?,33-,34-,35?,36?/m0/s1. The van der Waals surface area contributed by atoms with E-state index in [1.807, 2.05) is 19.9 Å². The van der Waals surface area contributed by atoms with Crippen LogP contribution in [-0.4, -0.2) is 123 Å². The number of alkyl carbamates (subject to hydrolysis) is 1. The summed E-state index contributed by atoms with van der Waals surface area (Å²) in [7, 11) is 2.73. The van der Waals surface area contributed by atoms with Gasteiger partial charge < -0.3 is 54.5 Å². The van der Waals surface area contributed by atoms with Gasteiger partial charge in [0.05, 0.1) is 61.8 Å². The number of carbonyl (C=O) groups excluding carboxylic acids is 3. The molecule has 3 aliphatic heterocycles. The van der Waals surface area contributed by atoms with Crippen LogP contribution in [0.2, 0.25) is 0 Å². The van der Waals surface area contributed by atoms with Gasteiger partial charge in [-0.25, -0.2) is 19.6 Å². The molecule has 3 unspecified atom stereocenters. The summed E-state index contributed by atoms with van der Waals surface area (Å²) in [6, 6.07) is 14.3. The normalized spacial score (nSPS) is 20.7. The van der Waals surface area contributed by atoms with Gasteiger partial charge in [0.2, 0.25) is 11.8 Å². The van der Waals surface area contributed by atoms with Crippen molar-refractivity contribution in [2.45, 2.75) is 88.9 Å². The van der Waals surface area contributed by atoms with Gasteiger partial charge in [-0.1, -0.05) is 50.2 Å². The van der Waals surface area contributed by atoms with Crippen LogP contribution >= 0.6 is 0 Å². The molecule has 4 amide bonds. The van der Waals surface area contributed by atoms with Crippen molar-refractivity contribution in [2.24, 2.45) is 5.92 Å². The summed E-state index contributed by atoms with van der Waals surface area (Å²) in [6.45, 7) is 6.93. The van der Waals surface area contributed by atoms with Gasteiger partial charge in [0.1, 0.15) is 23.7 Å². The van der Waals surface area contributed by atoms with Gasteiger partial charge in [-0.05, 0) is 72.7 Å². The van der Waals surface area contributed by atoms with Crippen LogP contribution in [0.25, 0.3) is 44.2 Å². The van der Waals surface area contributed by atoms with Gasteiger partial charge in [-0.2, -0.15) is 0 Å². The summed E-state index contributed by atoms with van der Waals surface area (Å²) in [5.41, 5.74) is 7.86. The van der Waals surface area contributed by atoms with Crippen molar-refractivity contribution in [1.82, 2.24) is 40.4 Å². The van der Waals surface area contributed by atoms with Crippen molar-refractivity contribution < 1.29 is 43.2 Å².